The molecule has 2 aromatic carbocycles. The Labute approximate surface area is 195 Å². The molecule has 1 saturated carbocycles. The van der Waals surface area contributed by atoms with Crippen LogP contribution in [-0.2, 0) is 11.3 Å². The summed E-state index contributed by atoms with van der Waals surface area (Å²) in [5, 5.41) is 7.87. The monoisotopic (exact) mass is 460 g/mol. The van der Waals surface area contributed by atoms with E-state index in [2.05, 4.69) is 16.3 Å². The van der Waals surface area contributed by atoms with E-state index >= 15 is 0 Å². The Morgan fingerprint density at radius 3 is 2.68 bits per heavy atom. The van der Waals surface area contributed by atoms with Crippen LogP contribution in [0, 0.1) is 11.8 Å². The number of amides is 1. The fourth-order valence-electron chi connectivity index (χ4n) is 5.01. The number of aromatic nitrogens is 3. The smallest absolute Gasteiger partial charge is 0.343 e. The number of fused-ring (bicyclic) bond motifs is 1. The molecule has 2 aromatic heterocycles. The van der Waals surface area contributed by atoms with Crippen LogP contribution < -0.4 is 5.69 Å². The van der Waals surface area contributed by atoms with Crippen molar-refractivity contribution in [2.75, 3.05) is 13.1 Å². The van der Waals surface area contributed by atoms with E-state index in [1.807, 2.05) is 42.5 Å². The molecule has 1 N–H and O–H groups in total. The Morgan fingerprint density at radius 1 is 1.18 bits per heavy atom. The predicted molar refractivity (Wildman–Crippen MR) is 126 cm³/mol. The van der Waals surface area contributed by atoms with Crippen molar-refractivity contribution in [3.05, 3.63) is 65.3 Å². The Hall–Kier alpha value is -3.68. The standard InChI is InChI=1S/C26H25FN4O3/c1-26(27)13-21(26)24(32)30-10-8-16(14-30)15-31-23(28-29-25(31)33)18-4-2-17(3-5-18)19-6-7-22-20(12-19)9-11-34-22/h2-7,9,11-12,16,21H,8,10,13-15H2,1H3,(H,29,33)/t16-,21?,26-/m1/s1. The third-order valence-corrected chi connectivity index (χ3v) is 7.19. The van der Waals surface area contributed by atoms with E-state index < -0.39 is 11.6 Å². The summed E-state index contributed by atoms with van der Waals surface area (Å²) in [5.41, 5.74) is 2.19. The van der Waals surface area contributed by atoms with E-state index in [-0.39, 0.29) is 17.5 Å². The fraction of sp³-hybridized carbons (Fsp3) is 0.346. The summed E-state index contributed by atoms with van der Waals surface area (Å²) in [6.45, 7) is 3.10. The first-order chi connectivity index (χ1) is 16.4. The molecule has 174 valence electrons. The van der Waals surface area contributed by atoms with Crippen LogP contribution in [0.15, 0.2) is 64.0 Å². The van der Waals surface area contributed by atoms with Gasteiger partial charge in [0, 0.05) is 30.6 Å². The number of hydrogen-bond donors (Lipinski definition) is 1. The predicted octanol–water partition coefficient (Wildman–Crippen LogP) is 4.25. The number of nitrogens with one attached hydrogen (secondary N) is 1. The Kier molecular flexibility index (Phi) is 4.72. The first kappa shape index (κ1) is 20.9. The van der Waals surface area contributed by atoms with Crippen LogP contribution in [0.25, 0.3) is 33.5 Å². The zero-order valence-corrected chi connectivity index (χ0v) is 18.8. The first-order valence-electron chi connectivity index (χ1n) is 11.6. The number of hydrogen-bond acceptors (Lipinski definition) is 4. The zero-order valence-electron chi connectivity index (χ0n) is 18.8. The summed E-state index contributed by atoms with van der Waals surface area (Å²) < 4.78 is 21.0. The van der Waals surface area contributed by atoms with Crippen LogP contribution in [-0.4, -0.2) is 44.3 Å². The molecule has 3 atom stereocenters. The molecule has 4 aromatic rings. The van der Waals surface area contributed by atoms with Crippen molar-refractivity contribution in [3.63, 3.8) is 0 Å². The number of halogens is 1. The highest BCUT2D eigenvalue weighted by atomic mass is 19.1. The highest BCUT2D eigenvalue weighted by Gasteiger charge is 2.57. The van der Waals surface area contributed by atoms with Crippen LogP contribution in [0.1, 0.15) is 19.8 Å². The quantitative estimate of drug-likeness (QED) is 0.483. The van der Waals surface area contributed by atoms with Gasteiger partial charge in [0.05, 0.1) is 12.2 Å². The summed E-state index contributed by atoms with van der Waals surface area (Å²) in [5.74, 6) is 0.0939. The molecule has 1 aliphatic heterocycles. The van der Waals surface area contributed by atoms with Gasteiger partial charge in [0.1, 0.15) is 11.3 Å². The van der Waals surface area contributed by atoms with Gasteiger partial charge in [-0.3, -0.25) is 9.36 Å². The summed E-state index contributed by atoms with van der Waals surface area (Å²) in [6.07, 6.45) is 2.77. The molecule has 0 bridgehead atoms. The van der Waals surface area contributed by atoms with E-state index in [4.69, 9.17) is 4.42 Å². The molecule has 1 saturated heterocycles. The maximum absolute atomic E-state index is 13.9. The molecule has 2 aliphatic rings. The lowest BCUT2D eigenvalue weighted by Gasteiger charge is -2.17. The highest BCUT2D eigenvalue weighted by Crippen LogP contribution is 2.48. The second kappa shape index (κ2) is 7.68. The fourth-order valence-corrected chi connectivity index (χ4v) is 5.01. The van der Waals surface area contributed by atoms with Crippen molar-refractivity contribution in [2.45, 2.75) is 32.0 Å². The van der Waals surface area contributed by atoms with Crippen molar-refractivity contribution >= 4 is 16.9 Å². The van der Waals surface area contributed by atoms with E-state index in [0.717, 1.165) is 34.1 Å². The van der Waals surface area contributed by atoms with Crippen molar-refractivity contribution < 1.29 is 13.6 Å². The maximum Gasteiger partial charge on any atom is 0.343 e. The minimum atomic E-state index is -1.36. The normalized spacial score (nSPS) is 24.1. The van der Waals surface area contributed by atoms with Gasteiger partial charge < -0.3 is 9.32 Å². The summed E-state index contributed by atoms with van der Waals surface area (Å²) in [4.78, 5) is 26.8. The van der Waals surface area contributed by atoms with Gasteiger partial charge >= 0.3 is 5.69 Å². The van der Waals surface area contributed by atoms with E-state index in [0.29, 0.717) is 31.9 Å². The van der Waals surface area contributed by atoms with E-state index in [1.165, 1.54) is 6.92 Å². The summed E-state index contributed by atoms with van der Waals surface area (Å²) >= 11 is 0. The number of rotatable bonds is 5. The SMILES string of the molecule is C[C@@]1(F)CC1C(=O)N1CC[C@@H](Cn2c(-c3ccc(-c4ccc5occc5c4)cc3)n[nH]c2=O)C1. The number of furan rings is 1. The van der Waals surface area contributed by atoms with Gasteiger partial charge in [-0.1, -0.05) is 30.3 Å². The Balaban J connectivity index is 1.19. The highest BCUT2D eigenvalue weighted by molar-refractivity contribution is 5.84. The zero-order chi connectivity index (χ0) is 23.4. The average molecular weight is 461 g/mol. The molecule has 1 aliphatic carbocycles. The number of carbonyl (C=O) groups excluding carboxylic acids is 1. The molecule has 6 rings (SSSR count). The van der Waals surface area contributed by atoms with Crippen molar-refractivity contribution in [1.29, 1.82) is 0 Å². The number of alkyl halides is 1. The average Bonchev–Trinajstić information content (AvgIpc) is 3.29. The van der Waals surface area contributed by atoms with Gasteiger partial charge in [-0.2, -0.15) is 5.10 Å². The van der Waals surface area contributed by atoms with Crippen molar-refractivity contribution in [3.8, 4) is 22.5 Å². The summed E-state index contributed by atoms with van der Waals surface area (Å²) in [6, 6.07) is 15.9. The third kappa shape index (κ3) is 3.63. The third-order valence-electron chi connectivity index (χ3n) is 7.19. The number of likely N-dealkylation sites (tertiary alicyclic amines) is 1. The van der Waals surface area contributed by atoms with Crippen LogP contribution in [0.4, 0.5) is 4.39 Å². The van der Waals surface area contributed by atoms with Crippen LogP contribution >= 0.6 is 0 Å². The first-order valence-corrected chi connectivity index (χ1v) is 11.6. The molecule has 1 unspecified atom stereocenters. The summed E-state index contributed by atoms with van der Waals surface area (Å²) in [7, 11) is 0. The molecule has 0 spiro atoms. The lowest BCUT2D eigenvalue weighted by atomic mass is 10.0. The number of nitrogens with zero attached hydrogens (tertiary/aromatic N) is 3. The van der Waals surface area contributed by atoms with Gasteiger partial charge in [-0.15, -0.1) is 0 Å². The molecule has 8 heteroatoms. The maximum atomic E-state index is 13.9. The number of aromatic amines is 1. The van der Waals surface area contributed by atoms with Gasteiger partial charge in [-0.05, 0) is 55.0 Å². The lowest BCUT2D eigenvalue weighted by molar-refractivity contribution is -0.132. The molecule has 0 radical (unpaired) electrons. The molecule has 2 fully saturated rings. The van der Waals surface area contributed by atoms with Crippen molar-refractivity contribution in [2.24, 2.45) is 11.8 Å². The van der Waals surface area contributed by atoms with Crippen molar-refractivity contribution in [1.82, 2.24) is 19.7 Å². The number of H-pyrrole nitrogens is 1. The molecule has 7 nitrogen and oxygen atoms in total. The van der Waals surface area contributed by atoms with Gasteiger partial charge in [-0.25, -0.2) is 14.3 Å². The minimum Gasteiger partial charge on any atom is -0.464 e. The topological polar surface area (TPSA) is 84.1 Å². The van der Waals surface area contributed by atoms with Gasteiger partial charge in [0.25, 0.3) is 0 Å². The second-order valence-corrected chi connectivity index (χ2v) is 9.69. The molecule has 3 heterocycles. The van der Waals surface area contributed by atoms with Gasteiger partial charge in [0.15, 0.2) is 5.82 Å². The molecular formula is C26H25FN4O3. The van der Waals surface area contributed by atoms with Gasteiger partial charge in [0.2, 0.25) is 5.91 Å². The number of carbonyl (C=O) groups is 1. The second-order valence-electron chi connectivity index (χ2n) is 9.69. The Morgan fingerprint density at radius 2 is 1.91 bits per heavy atom. The van der Waals surface area contributed by atoms with Crippen LogP contribution in [0.3, 0.4) is 0 Å². The number of benzene rings is 2. The van der Waals surface area contributed by atoms with Crippen LogP contribution in [0.2, 0.25) is 0 Å². The minimum absolute atomic E-state index is 0.100. The molecule has 34 heavy (non-hydrogen) atoms. The van der Waals surface area contributed by atoms with Crippen LogP contribution in [0.5, 0.6) is 0 Å². The Bertz CT molecular complexity index is 1430. The molecule has 1 amide bonds. The lowest BCUT2D eigenvalue weighted by Crippen LogP contribution is -2.32. The van der Waals surface area contributed by atoms with E-state index in [9.17, 15) is 14.0 Å². The molecular weight excluding hydrogens is 435 g/mol. The largest absolute Gasteiger partial charge is 0.464 e. The van der Waals surface area contributed by atoms with E-state index in [1.54, 1.807) is 15.7 Å².